The van der Waals surface area contributed by atoms with E-state index in [2.05, 4.69) is 205 Å². The summed E-state index contributed by atoms with van der Waals surface area (Å²) in [4.78, 5) is 2.41. The van der Waals surface area contributed by atoms with E-state index in [-0.39, 0.29) is 0 Å². The minimum Gasteiger partial charge on any atom is -0.456 e. The number of fused-ring (bicyclic) bond motifs is 4. The van der Waals surface area contributed by atoms with Crippen LogP contribution in [-0.2, 0) is 0 Å². The third-order valence-electron chi connectivity index (χ3n) is 11.3. The molecule has 0 unspecified atom stereocenters. The molecule has 11 rings (SSSR count). The third-order valence-corrected chi connectivity index (χ3v) is 11.3. The van der Waals surface area contributed by atoms with E-state index < -0.39 is 0 Å². The number of hydrogen-bond donors (Lipinski definition) is 0. The van der Waals surface area contributed by atoms with Crippen LogP contribution in [0.1, 0.15) is 0 Å². The lowest BCUT2D eigenvalue weighted by Crippen LogP contribution is -2.11. The van der Waals surface area contributed by atoms with Crippen LogP contribution in [0.3, 0.4) is 0 Å². The van der Waals surface area contributed by atoms with Crippen molar-refractivity contribution in [3.63, 3.8) is 0 Å². The van der Waals surface area contributed by atoms with Gasteiger partial charge in [-0.1, -0.05) is 170 Å². The number of ether oxygens (including phenoxy) is 1. The Kier molecular flexibility index (Phi) is 7.53. The maximum absolute atomic E-state index is 6.46. The lowest BCUT2D eigenvalue weighted by atomic mass is 9.90. The second-order valence-electron chi connectivity index (χ2n) is 14.4. The number of hydrogen-bond acceptors (Lipinski definition) is 2. The van der Waals surface area contributed by atoms with Gasteiger partial charge >= 0.3 is 0 Å². The second kappa shape index (κ2) is 13.2. The molecular weight excluding hydrogens is 679 g/mol. The molecule has 1 aliphatic rings. The van der Waals surface area contributed by atoms with Gasteiger partial charge in [0.25, 0.3) is 0 Å². The molecule has 2 heteroatoms. The van der Waals surface area contributed by atoms with E-state index in [1.807, 2.05) is 12.1 Å². The number of para-hydroxylation sites is 2. The summed E-state index contributed by atoms with van der Waals surface area (Å²) in [5, 5.41) is 7.27. The Bertz CT molecular complexity index is 3110. The van der Waals surface area contributed by atoms with Gasteiger partial charge in [-0.25, -0.2) is 0 Å². The van der Waals surface area contributed by atoms with E-state index in [1.165, 1.54) is 60.3 Å². The monoisotopic (exact) mass is 713 g/mol. The van der Waals surface area contributed by atoms with Crippen LogP contribution in [0.2, 0.25) is 0 Å². The third kappa shape index (κ3) is 5.26. The summed E-state index contributed by atoms with van der Waals surface area (Å²) in [5.74, 6) is 1.79. The summed E-state index contributed by atoms with van der Waals surface area (Å²) < 4.78 is 6.46. The molecule has 56 heavy (non-hydrogen) atoms. The zero-order chi connectivity index (χ0) is 37.0. The molecule has 0 spiro atoms. The first kappa shape index (κ1) is 32.0. The Balaban J connectivity index is 1.10. The van der Waals surface area contributed by atoms with Crippen molar-refractivity contribution in [2.75, 3.05) is 4.90 Å². The Hall–Kier alpha value is -7.42. The van der Waals surface area contributed by atoms with Crippen molar-refractivity contribution in [1.29, 1.82) is 0 Å². The molecule has 10 aromatic rings. The predicted molar refractivity (Wildman–Crippen MR) is 235 cm³/mol. The van der Waals surface area contributed by atoms with Gasteiger partial charge in [0.1, 0.15) is 11.5 Å². The van der Waals surface area contributed by atoms with Crippen LogP contribution < -0.4 is 9.64 Å². The van der Waals surface area contributed by atoms with Gasteiger partial charge in [0.15, 0.2) is 0 Å². The number of rotatable bonds is 6. The van der Waals surface area contributed by atoms with E-state index in [4.69, 9.17) is 4.74 Å². The Morgan fingerprint density at radius 3 is 1.70 bits per heavy atom. The van der Waals surface area contributed by atoms with Crippen molar-refractivity contribution >= 4 is 49.4 Å². The van der Waals surface area contributed by atoms with Crippen molar-refractivity contribution in [1.82, 2.24) is 0 Å². The van der Waals surface area contributed by atoms with Gasteiger partial charge in [0.05, 0.1) is 5.69 Å². The van der Waals surface area contributed by atoms with Crippen molar-refractivity contribution in [2.24, 2.45) is 0 Å². The first-order chi connectivity index (χ1) is 27.8. The van der Waals surface area contributed by atoms with Crippen molar-refractivity contribution in [3.05, 3.63) is 212 Å². The first-order valence-corrected chi connectivity index (χ1v) is 19.2. The van der Waals surface area contributed by atoms with Crippen LogP contribution in [0.4, 0.5) is 17.1 Å². The van der Waals surface area contributed by atoms with E-state index in [0.717, 1.165) is 45.1 Å². The molecule has 0 N–H and O–H groups in total. The predicted octanol–water partition coefficient (Wildman–Crippen LogP) is 15.4. The van der Waals surface area contributed by atoms with E-state index in [1.54, 1.807) is 0 Å². The highest BCUT2D eigenvalue weighted by Crippen LogP contribution is 2.49. The molecule has 0 saturated heterocycles. The Morgan fingerprint density at radius 1 is 0.304 bits per heavy atom. The highest BCUT2D eigenvalue weighted by molar-refractivity contribution is 6.10. The van der Waals surface area contributed by atoms with Crippen LogP contribution >= 0.6 is 0 Å². The van der Waals surface area contributed by atoms with Gasteiger partial charge in [0, 0.05) is 27.9 Å². The van der Waals surface area contributed by atoms with Crippen LogP contribution in [0.25, 0.3) is 76.8 Å². The van der Waals surface area contributed by atoms with Gasteiger partial charge < -0.3 is 9.64 Å². The number of anilines is 3. The quantitative estimate of drug-likeness (QED) is 0.170. The van der Waals surface area contributed by atoms with Gasteiger partial charge in [0.2, 0.25) is 0 Å². The minimum atomic E-state index is 0.895. The van der Waals surface area contributed by atoms with Gasteiger partial charge in [-0.15, -0.1) is 0 Å². The zero-order valence-corrected chi connectivity index (χ0v) is 30.6. The molecule has 0 atom stereocenters. The maximum atomic E-state index is 6.46. The molecule has 0 amide bonds. The zero-order valence-electron chi connectivity index (χ0n) is 30.6. The molecule has 1 aliphatic heterocycles. The lowest BCUT2D eigenvalue weighted by Gasteiger charge is -2.29. The molecule has 1 heterocycles. The average molecular weight is 714 g/mol. The fourth-order valence-electron chi connectivity index (χ4n) is 8.70. The lowest BCUT2D eigenvalue weighted by molar-refractivity contribution is 0.487. The number of benzene rings is 10. The van der Waals surface area contributed by atoms with Crippen molar-refractivity contribution < 1.29 is 4.74 Å². The fourth-order valence-corrected chi connectivity index (χ4v) is 8.70. The first-order valence-electron chi connectivity index (χ1n) is 19.2. The molecular formula is C54H35NO. The Morgan fingerprint density at radius 2 is 0.875 bits per heavy atom. The molecule has 262 valence electrons. The van der Waals surface area contributed by atoms with Crippen molar-refractivity contribution in [3.8, 4) is 56.0 Å². The Labute approximate surface area is 326 Å². The minimum absolute atomic E-state index is 0.895. The highest BCUT2D eigenvalue weighted by Gasteiger charge is 2.23. The van der Waals surface area contributed by atoms with Crippen molar-refractivity contribution in [2.45, 2.75) is 0 Å². The molecule has 2 nitrogen and oxygen atoms in total. The molecule has 0 aliphatic carbocycles. The smallest absolute Gasteiger partial charge is 0.135 e. The summed E-state index contributed by atoms with van der Waals surface area (Å²) >= 11 is 0. The fraction of sp³-hybridized carbons (Fsp3) is 0. The molecule has 0 fully saturated rings. The molecule has 0 bridgehead atoms. The van der Waals surface area contributed by atoms with E-state index in [0.29, 0.717) is 0 Å². The normalized spacial score (nSPS) is 11.7. The SMILES string of the molecule is c1cc(-c2ccc3c4c(cccc24)-c2ccccc2O3)cc(N(c2ccc(-c3cccc4ccccc34)cc2)c2ccccc2-c2cccc3ccccc23)c1. The largest absolute Gasteiger partial charge is 0.456 e. The summed E-state index contributed by atoms with van der Waals surface area (Å²) in [6.45, 7) is 0. The second-order valence-corrected chi connectivity index (χ2v) is 14.4. The highest BCUT2D eigenvalue weighted by atomic mass is 16.5. The van der Waals surface area contributed by atoms with Crippen LogP contribution in [0.15, 0.2) is 212 Å². The van der Waals surface area contributed by atoms with Crippen LogP contribution in [-0.4, -0.2) is 0 Å². The summed E-state index contributed by atoms with van der Waals surface area (Å²) in [6, 6.07) is 76.5. The van der Waals surface area contributed by atoms with E-state index >= 15 is 0 Å². The average Bonchev–Trinajstić information content (AvgIpc) is 3.27. The van der Waals surface area contributed by atoms with Gasteiger partial charge in [-0.05, 0) is 103 Å². The number of nitrogens with zero attached hydrogens (tertiary/aromatic N) is 1. The van der Waals surface area contributed by atoms with Gasteiger partial charge in [-0.2, -0.15) is 0 Å². The molecule has 0 aromatic heterocycles. The molecule has 10 aromatic carbocycles. The molecule has 0 saturated carbocycles. The van der Waals surface area contributed by atoms with Gasteiger partial charge in [-0.3, -0.25) is 0 Å². The standard InChI is InChI=1S/C54H35NO/c1-3-19-42-36(13-1)15-10-23-43(42)38-29-31-40(32-30-38)55(51-27-7-5-21-47(51)46-24-11-16-37-14-2-4-20-44(37)46)41-18-9-17-39(35-41)45-33-34-53-54-49(45)25-12-26-50(54)48-22-6-8-28-52(48)56-53/h1-35H. The van der Waals surface area contributed by atoms with Crippen LogP contribution in [0, 0.1) is 0 Å². The topological polar surface area (TPSA) is 12.5 Å². The summed E-state index contributed by atoms with van der Waals surface area (Å²) in [7, 11) is 0. The van der Waals surface area contributed by atoms with E-state index in [9.17, 15) is 0 Å². The molecule has 0 radical (unpaired) electrons. The summed E-state index contributed by atoms with van der Waals surface area (Å²) in [5.41, 5.74) is 12.7. The van der Waals surface area contributed by atoms with Crippen LogP contribution in [0.5, 0.6) is 11.5 Å². The maximum Gasteiger partial charge on any atom is 0.135 e. The summed E-state index contributed by atoms with van der Waals surface area (Å²) in [6.07, 6.45) is 0.